The highest BCUT2D eigenvalue weighted by Gasteiger charge is 2.18. The van der Waals surface area contributed by atoms with Gasteiger partial charge in [0.15, 0.2) is 14.9 Å². The fraction of sp³-hybridized carbons (Fsp3) is 0.286. The molecular formula is C7H9ClN2O4S2. The minimum absolute atomic E-state index is 0.222. The van der Waals surface area contributed by atoms with Crippen LogP contribution in [0.4, 0.5) is 0 Å². The lowest BCUT2D eigenvalue weighted by atomic mass is 10.5. The van der Waals surface area contributed by atoms with Crippen LogP contribution in [-0.2, 0) is 19.9 Å². The molecule has 0 aliphatic rings. The summed E-state index contributed by atoms with van der Waals surface area (Å²) in [5, 5.41) is 4.79. The fourth-order valence-electron chi connectivity index (χ4n) is 0.877. The zero-order valence-electron chi connectivity index (χ0n) is 8.00. The van der Waals surface area contributed by atoms with Crippen LogP contribution in [0.1, 0.15) is 0 Å². The van der Waals surface area contributed by atoms with E-state index in [4.69, 9.17) is 16.7 Å². The largest absolute Gasteiger partial charge is 0.243 e. The summed E-state index contributed by atoms with van der Waals surface area (Å²) in [5.74, 6) is -1.24. The van der Waals surface area contributed by atoms with Crippen LogP contribution in [0.15, 0.2) is 23.4 Å². The van der Waals surface area contributed by atoms with Crippen LogP contribution < -0.4 is 5.14 Å². The standard InChI is InChI=1S/C7H9ClN2O4S2/c8-6-1-2-7(10-5-6)15(11,12)3-4-16(9,13)14/h1-2,5H,3-4H2,(H2,9,13,14). The van der Waals surface area contributed by atoms with Gasteiger partial charge in [-0.05, 0) is 12.1 Å². The second kappa shape index (κ2) is 4.66. The highest BCUT2D eigenvalue weighted by atomic mass is 35.5. The van der Waals surface area contributed by atoms with Gasteiger partial charge in [-0.1, -0.05) is 11.6 Å². The number of halogens is 1. The lowest BCUT2D eigenvalue weighted by Gasteiger charge is -2.02. The van der Waals surface area contributed by atoms with Gasteiger partial charge in [-0.25, -0.2) is 27.0 Å². The number of primary sulfonamides is 1. The lowest BCUT2D eigenvalue weighted by molar-refractivity contribution is 0.586. The van der Waals surface area contributed by atoms with Gasteiger partial charge in [-0.15, -0.1) is 0 Å². The third-order valence-corrected chi connectivity index (χ3v) is 4.53. The van der Waals surface area contributed by atoms with Gasteiger partial charge < -0.3 is 0 Å². The van der Waals surface area contributed by atoms with Crippen LogP contribution >= 0.6 is 11.6 Å². The third-order valence-electron chi connectivity index (χ3n) is 1.66. The molecule has 9 heteroatoms. The molecule has 0 saturated heterocycles. The Labute approximate surface area is 98.4 Å². The van der Waals surface area contributed by atoms with Gasteiger partial charge in [0.2, 0.25) is 10.0 Å². The predicted molar refractivity (Wildman–Crippen MR) is 59.3 cm³/mol. The summed E-state index contributed by atoms with van der Waals surface area (Å²) in [6.45, 7) is 0. The number of sulfonamides is 1. The number of nitrogens with zero attached hydrogens (tertiary/aromatic N) is 1. The van der Waals surface area contributed by atoms with Crippen molar-refractivity contribution >= 4 is 31.5 Å². The number of sulfone groups is 1. The summed E-state index contributed by atoms with van der Waals surface area (Å²) in [4.78, 5) is 3.60. The van der Waals surface area contributed by atoms with Gasteiger partial charge in [-0.3, -0.25) is 0 Å². The van der Waals surface area contributed by atoms with E-state index in [0.29, 0.717) is 5.02 Å². The molecule has 0 fully saturated rings. The molecule has 2 N–H and O–H groups in total. The first-order valence-corrected chi connectivity index (χ1v) is 7.80. The molecule has 0 unspecified atom stereocenters. The molecule has 0 amide bonds. The van der Waals surface area contributed by atoms with Crippen LogP contribution in [0.3, 0.4) is 0 Å². The van der Waals surface area contributed by atoms with Crippen LogP contribution in [0.25, 0.3) is 0 Å². The van der Waals surface area contributed by atoms with E-state index in [1.165, 1.54) is 18.3 Å². The Morgan fingerprint density at radius 3 is 2.25 bits per heavy atom. The van der Waals surface area contributed by atoms with Gasteiger partial charge in [0.25, 0.3) is 0 Å². The number of rotatable bonds is 4. The average molecular weight is 285 g/mol. The maximum absolute atomic E-state index is 11.6. The van der Waals surface area contributed by atoms with Gasteiger partial charge in [0.05, 0.1) is 16.5 Å². The Hall–Kier alpha value is -0.700. The van der Waals surface area contributed by atoms with Gasteiger partial charge in [-0.2, -0.15) is 0 Å². The highest BCUT2D eigenvalue weighted by Crippen LogP contribution is 2.11. The zero-order valence-corrected chi connectivity index (χ0v) is 10.4. The third kappa shape index (κ3) is 4.05. The molecule has 0 aromatic carbocycles. The van der Waals surface area contributed by atoms with E-state index >= 15 is 0 Å². The number of aromatic nitrogens is 1. The van der Waals surface area contributed by atoms with E-state index in [2.05, 4.69) is 4.98 Å². The first-order valence-electron chi connectivity index (χ1n) is 4.05. The van der Waals surface area contributed by atoms with E-state index in [1.807, 2.05) is 0 Å². The number of hydrogen-bond acceptors (Lipinski definition) is 5. The van der Waals surface area contributed by atoms with Crippen molar-refractivity contribution in [3.8, 4) is 0 Å². The van der Waals surface area contributed by atoms with Gasteiger partial charge in [0, 0.05) is 6.20 Å². The molecule has 1 aromatic heterocycles. The van der Waals surface area contributed by atoms with Crippen molar-refractivity contribution in [1.29, 1.82) is 0 Å². The molecule has 1 rings (SSSR count). The summed E-state index contributed by atoms with van der Waals surface area (Å²) in [6.07, 6.45) is 1.17. The second-order valence-electron chi connectivity index (χ2n) is 3.00. The first kappa shape index (κ1) is 13.4. The van der Waals surface area contributed by atoms with E-state index in [1.54, 1.807) is 0 Å². The Bertz CT molecular complexity index is 565. The molecule has 90 valence electrons. The molecule has 0 spiro atoms. The van der Waals surface area contributed by atoms with Crippen molar-refractivity contribution < 1.29 is 16.8 Å². The highest BCUT2D eigenvalue weighted by molar-refractivity contribution is 7.94. The molecular weight excluding hydrogens is 276 g/mol. The maximum Gasteiger partial charge on any atom is 0.210 e. The molecule has 1 heterocycles. The molecule has 16 heavy (non-hydrogen) atoms. The summed E-state index contributed by atoms with van der Waals surface area (Å²) in [7, 11) is -7.55. The SMILES string of the molecule is NS(=O)(=O)CCS(=O)(=O)c1ccc(Cl)cn1. The van der Waals surface area contributed by atoms with Gasteiger partial charge in [0.1, 0.15) is 0 Å². The summed E-state index contributed by atoms with van der Waals surface area (Å²) < 4.78 is 44.4. The van der Waals surface area contributed by atoms with Crippen LogP contribution in [0.2, 0.25) is 5.02 Å². The molecule has 0 saturated carbocycles. The van der Waals surface area contributed by atoms with E-state index in [0.717, 1.165) is 0 Å². The number of pyridine rings is 1. The topological polar surface area (TPSA) is 107 Å². The summed E-state index contributed by atoms with van der Waals surface area (Å²) >= 11 is 5.54. The van der Waals surface area contributed by atoms with Crippen molar-refractivity contribution in [2.45, 2.75) is 5.03 Å². The smallest absolute Gasteiger partial charge is 0.210 e. The number of hydrogen-bond donors (Lipinski definition) is 1. The first-order chi connectivity index (χ1) is 7.21. The summed E-state index contributed by atoms with van der Waals surface area (Å²) in [6, 6.07) is 2.57. The molecule has 0 radical (unpaired) electrons. The average Bonchev–Trinajstić information content (AvgIpc) is 2.15. The van der Waals surface area contributed by atoms with E-state index in [9.17, 15) is 16.8 Å². The van der Waals surface area contributed by atoms with Crippen molar-refractivity contribution in [3.63, 3.8) is 0 Å². The molecule has 0 bridgehead atoms. The number of nitrogens with two attached hydrogens (primary N) is 1. The van der Waals surface area contributed by atoms with E-state index in [-0.39, 0.29) is 5.03 Å². The fourth-order valence-corrected chi connectivity index (χ4v) is 3.49. The normalized spacial score (nSPS) is 12.6. The monoisotopic (exact) mass is 284 g/mol. The second-order valence-corrected chi connectivity index (χ2v) is 7.23. The Morgan fingerprint density at radius 2 is 1.81 bits per heavy atom. The minimum atomic E-state index is -3.81. The molecule has 6 nitrogen and oxygen atoms in total. The molecule has 0 aliphatic carbocycles. The van der Waals surface area contributed by atoms with E-state index < -0.39 is 31.4 Å². The van der Waals surface area contributed by atoms with Crippen molar-refractivity contribution in [1.82, 2.24) is 4.98 Å². The Kier molecular flexibility index (Phi) is 3.89. The molecule has 1 aromatic rings. The van der Waals surface area contributed by atoms with Gasteiger partial charge >= 0.3 is 0 Å². The van der Waals surface area contributed by atoms with Crippen molar-refractivity contribution in [2.24, 2.45) is 5.14 Å². The zero-order chi connectivity index (χ0) is 12.4. The lowest BCUT2D eigenvalue weighted by Crippen LogP contribution is -2.23. The maximum atomic E-state index is 11.6. The quantitative estimate of drug-likeness (QED) is 0.824. The van der Waals surface area contributed by atoms with Crippen molar-refractivity contribution in [3.05, 3.63) is 23.4 Å². The van der Waals surface area contributed by atoms with Crippen molar-refractivity contribution in [2.75, 3.05) is 11.5 Å². The predicted octanol–water partition coefficient (Wildman–Crippen LogP) is -0.203. The minimum Gasteiger partial charge on any atom is -0.243 e. The van der Waals surface area contributed by atoms with Crippen LogP contribution in [0.5, 0.6) is 0 Å². The van der Waals surface area contributed by atoms with Crippen LogP contribution in [0, 0.1) is 0 Å². The molecule has 0 aliphatic heterocycles. The van der Waals surface area contributed by atoms with Crippen LogP contribution in [-0.4, -0.2) is 33.3 Å². The molecule has 0 atom stereocenters. The Morgan fingerprint density at radius 1 is 1.19 bits per heavy atom. The summed E-state index contributed by atoms with van der Waals surface area (Å²) in [5.41, 5.74) is 0. The Balaban J connectivity index is 2.91.